The van der Waals surface area contributed by atoms with Crippen molar-refractivity contribution in [3.63, 3.8) is 0 Å². The predicted octanol–water partition coefficient (Wildman–Crippen LogP) is 4.14. The first kappa shape index (κ1) is 12.4. The second-order valence-electron chi connectivity index (χ2n) is 4.65. The lowest BCUT2D eigenvalue weighted by molar-refractivity contribution is 0.582. The van der Waals surface area contributed by atoms with Crippen molar-refractivity contribution in [3.05, 3.63) is 72.5 Å². The molecule has 1 aromatic heterocycles. The number of hydrogen-bond donors (Lipinski definition) is 2. The highest BCUT2D eigenvalue weighted by atomic mass is 16.3. The fourth-order valence-corrected chi connectivity index (χ4v) is 2.03. The molecule has 3 aromatic rings. The van der Waals surface area contributed by atoms with Crippen LogP contribution >= 0.6 is 0 Å². The van der Waals surface area contributed by atoms with E-state index in [9.17, 15) is 0 Å². The van der Waals surface area contributed by atoms with Gasteiger partial charge in [0.25, 0.3) is 0 Å². The summed E-state index contributed by atoms with van der Waals surface area (Å²) < 4.78 is 5.37. The smallest absolute Gasteiger partial charge is 0.133 e. The van der Waals surface area contributed by atoms with Crippen LogP contribution < -0.4 is 11.1 Å². The van der Waals surface area contributed by atoms with E-state index in [-0.39, 0.29) is 0 Å². The summed E-state index contributed by atoms with van der Waals surface area (Å²) in [5.41, 5.74) is 9.82. The van der Waals surface area contributed by atoms with Gasteiger partial charge in [0.15, 0.2) is 0 Å². The van der Waals surface area contributed by atoms with Crippen LogP contribution in [0.25, 0.3) is 11.3 Å². The Hall–Kier alpha value is -2.68. The van der Waals surface area contributed by atoms with Crippen LogP contribution in [0.3, 0.4) is 0 Å². The highest BCUT2D eigenvalue weighted by Gasteiger charge is 2.00. The Balaban J connectivity index is 1.65. The van der Waals surface area contributed by atoms with Gasteiger partial charge in [-0.15, -0.1) is 0 Å². The third-order valence-corrected chi connectivity index (χ3v) is 3.17. The van der Waals surface area contributed by atoms with Gasteiger partial charge in [-0.1, -0.05) is 12.1 Å². The van der Waals surface area contributed by atoms with E-state index in [0.717, 1.165) is 29.2 Å². The van der Waals surface area contributed by atoms with Gasteiger partial charge < -0.3 is 15.5 Å². The quantitative estimate of drug-likeness (QED) is 0.696. The Morgan fingerprint density at radius 2 is 1.65 bits per heavy atom. The Labute approximate surface area is 118 Å². The second kappa shape index (κ2) is 5.53. The molecule has 3 heteroatoms. The van der Waals surface area contributed by atoms with E-state index in [2.05, 4.69) is 17.4 Å². The molecule has 3 N–H and O–H groups in total. The highest BCUT2D eigenvalue weighted by molar-refractivity contribution is 5.61. The molecule has 2 aromatic carbocycles. The molecule has 0 aliphatic rings. The van der Waals surface area contributed by atoms with Gasteiger partial charge in [-0.25, -0.2) is 0 Å². The van der Waals surface area contributed by atoms with E-state index in [4.69, 9.17) is 10.2 Å². The molecule has 3 nitrogen and oxygen atoms in total. The monoisotopic (exact) mass is 264 g/mol. The Morgan fingerprint density at radius 3 is 2.30 bits per heavy atom. The number of nitrogens with two attached hydrogens (primary N) is 1. The molecule has 0 atom stereocenters. The average molecular weight is 264 g/mol. The summed E-state index contributed by atoms with van der Waals surface area (Å²) in [4.78, 5) is 0. The first-order chi connectivity index (χ1) is 9.81. The average Bonchev–Trinajstić information content (AvgIpc) is 3.01. The minimum Gasteiger partial charge on any atom is -0.464 e. The Kier molecular flexibility index (Phi) is 3.42. The SMILES string of the molecule is Nc1ccc(CNc2ccc(-c3ccco3)cc2)cc1. The fraction of sp³-hybridized carbons (Fsp3) is 0.0588. The molecule has 0 bridgehead atoms. The van der Waals surface area contributed by atoms with Crippen LogP contribution in [0, 0.1) is 0 Å². The van der Waals surface area contributed by atoms with E-state index in [1.807, 2.05) is 48.5 Å². The zero-order chi connectivity index (χ0) is 13.8. The molecule has 0 spiro atoms. The van der Waals surface area contributed by atoms with E-state index in [1.54, 1.807) is 6.26 Å². The van der Waals surface area contributed by atoms with Crippen LogP contribution in [-0.2, 0) is 6.54 Å². The number of benzene rings is 2. The molecule has 0 saturated carbocycles. The summed E-state index contributed by atoms with van der Waals surface area (Å²) >= 11 is 0. The van der Waals surface area contributed by atoms with Crippen molar-refractivity contribution in [2.45, 2.75) is 6.54 Å². The molecule has 20 heavy (non-hydrogen) atoms. The molecule has 0 aliphatic heterocycles. The minimum absolute atomic E-state index is 0.778. The third-order valence-electron chi connectivity index (χ3n) is 3.17. The van der Waals surface area contributed by atoms with Gasteiger partial charge in [0.1, 0.15) is 5.76 Å². The van der Waals surface area contributed by atoms with Crippen LogP contribution in [0.2, 0.25) is 0 Å². The topological polar surface area (TPSA) is 51.2 Å². The molecular weight excluding hydrogens is 248 g/mol. The third kappa shape index (κ3) is 2.83. The summed E-state index contributed by atoms with van der Waals surface area (Å²) in [7, 11) is 0. The van der Waals surface area contributed by atoms with Gasteiger partial charge in [0.2, 0.25) is 0 Å². The lowest BCUT2D eigenvalue weighted by atomic mass is 10.1. The largest absolute Gasteiger partial charge is 0.464 e. The van der Waals surface area contributed by atoms with Gasteiger partial charge in [0.05, 0.1) is 6.26 Å². The highest BCUT2D eigenvalue weighted by Crippen LogP contribution is 2.22. The molecule has 0 amide bonds. The van der Waals surface area contributed by atoms with Crippen LogP contribution in [0.1, 0.15) is 5.56 Å². The number of nitrogens with one attached hydrogen (secondary N) is 1. The standard InChI is InChI=1S/C17H16N2O/c18-15-7-3-13(4-8-15)12-19-16-9-5-14(6-10-16)17-2-1-11-20-17/h1-11,19H,12,18H2. The number of furan rings is 1. The van der Waals surface area contributed by atoms with Crippen molar-refractivity contribution in [2.24, 2.45) is 0 Å². The van der Waals surface area contributed by atoms with Crippen LogP contribution in [-0.4, -0.2) is 0 Å². The van der Waals surface area contributed by atoms with Crippen molar-refractivity contribution < 1.29 is 4.42 Å². The Bertz CT molecular complexity index is 655. The minimum atomic E-state index is 0.778. The number of hydrogen-bond acceptors (Lipinski definition) is 3. The molecule has 100 valence electrons. The van der Waals surface area contributed by atoms with Gasteiger partial charge >= 0.3 is 0 Å². The van der Waals surface area contributed by atoms with Crippen LogP contribution in [0.5, 0.6) is 0 Å². The number of anilines is 2. The van der Waals surface area contributed by atoms with Crippen LogP contribution in [0.4, 0.5) is 11.4 Å². The zero-order valence-electron chi connectivity index (χ0n) is 11.0. The number of nitrogen functional groups attached to an aromatic ring is 1. The van der Waals surface area contributed by atoms with Gasteiger partial charge in [-0.2, -0.15) is 0 Å². The first-order valence-electron chi connectivity index (χ1n) is 6.53. The first-order valence-corrected chi connectivity index (χ1v) is 6.53. The summed E-state index contributed by atoms with van der Waals surface area (Å²) in [6.45, 7) is 0.778. The summed E-state index contributed by atoms with van der Waals surface area (Å²) in [5, 5.41) is 3.38. The fourth-order valence-electron chi connectivity index (χ4n) is 2.03. The lowest BCUT2D eigenvalue weighted by Crippen LogP contribution is -1.99. The lowest BCUT2D eigenvalue weighted by Gasteiger charge is -2.07. The molecule has 0 fully saturated rings. The molecule has 1 heterocycles. The van der Waals surface area contributed by atoms with Crippen molar-refractivity contribution in [1.82, 2.24) is 0 Å². The van der Waals surface area contributed by atoms with Crippen LogP contribution in [0.15, 0.2) is 71.3 Å². The summed E-state index contributed by atoms with van der Waals surface area (Å²) in [6, 6.07) is 19.9. The molecular formula is C17H16N2O. The van der Waals surface area contributed by atoms with Crippen molar-refractivity contribution >= 4 is 11.4 Å². The molecule has 0 unspecified atom stereocenters. The van der Waals surface area contributed by atoms with Crippen molar-refractivity contribution in [2.75, 3.05) is 11.1 Å². The molecule has 0 aliphatic carbocycles. The molecule has 0 radical (unpaired) electrons. The maximum atomic E-state index is 5.67. The van der Waals surface area contributed by atoms with E-state index < -0.39 is 0 Å². The van der Waals surface area contributed by atoms with E-state index in [0.29, 0.717) is 0 Å². The second-order valence-corrected chi connectivity index (χ2v) is 4.65. The normalized spacial score (nSPS) is 10.4. The van der Waals surface area contributed by atoms with E-state index >= 15 is 0 Å². The van der Waals surface area contributed by atoms with Crippen molar-refractivity contribution in [1.29, 1.82) is 0 Å². The van der Waals surface area contributed by atoms with Gasteiger partial charge in [-0.05, 0) is 54.1 Å². The maximum absolute atomic E-state index is 5.67. The Morgan fingerprint density at radius 1 is 0.900 bits per heavy atom. The summed E-state index contributed by atoms with van der Waals surface area (Å²) in [6.07, 6.45) is 1.68. The van der Waals surface area contributed by atoms with Gasteiger partial charge in [-0.3, -0.25) is 0 Å². The molecule has 0 saturated heterocycles. The maximum Gasteiger partial charge on any atom is 0.133 e. The van der Waals surface area contributed by atoms with E-state index in [1.165, 1.54) is 5.56 Å². The zero-order valence-corrected chi connectivity index (χ0v) is 11.0. The van der Waals surface area contributed by atoms with Gasteiger partial charge in [0, 0.05) is 23.5 Å². The number of rotatable bonds is 4. The van der Waals surface area contributed by atoms with Crippen molar-refractivity contribution in [3.8, 4) is 11.3 Å². The predicted molar refractivity (Wildman–Crippen MR) is 82.3 cm³/mol. The summed E-state index contributed by atoms with van der Waals surface area (Å²) in [5.74, 6) is 0.884. The molecule has 3 rings (SSSR count).